The topological polar surface area (TPSA) is 48.1 Å². The minimum atomic E-state index is 0.0908. The minimum absolute atomic E-state index is 0.0908. The van der Waals surface area contributed by atoms with Crippen LogP contribution in [0.25, 0.3) is 10.8 Å². The molecule has 0 spiro atoms. The third kappa shape index (κ3) is 4.34. The van der Waals surface area contributed by atoms with Gasteiger partial charge in [-0.1, -0.05) is 30.3 Å². The van der Waals surface area contributed by atoms with Crippen molar-refractivity contribution in [1.82, 2.24) is 10.2 Å². The Kier molecular flexibility index (Phi) is 6.79. The number of amides is 1. The van der Waals surface area contributed by atoms with Crippen molar-refractivity contribution in [3.63, 3.8) is 0 Å². The molecule has 6 nitrogen and oxygen atoms in total. The summed E-state index contributed by atoms with van der Waals surface area (Å²) >= 11 is 0. The van der Waals surface area contributed by atoms with Crippen molar-refractivity contribution in [2.45, 2.75) is 51.1 Å². The van der Waals surface area contributed by atoms with Crippen LogP contribution < -0.4 is 19.9 Å². The summed E-state index contributed by atoms with van der Waals surface area (Å²) in [5, 5.41) is 5.77. The monoisotopic (exact) mass is 512 g/mol. The van der Waals surface area contributed by atoms with E-state index in [0.29, 0.717) is 24.5 Å². The maximum atomic E-state index is 14.2. The van der Waals surface area contributed by atoms with Crippen LogP contribution >= 0.6 is 0 Å². The Morgan fingerprint density at radius 1 is 0.947 bits per heavy atom. The van der Waals surface area contributed by atoms with Crippen molar-refractivity contribution in [1.29, 1.82) is 0 Å². The highest BCUT2D eigenvalue weighted by molar-refractivity contribution is 6.15. The highest BCUT2D eigenvalue weighted by Crippen LogP contribution is 2.41. The molecular weight excluding hydrogens is 472 g/mol. The number of rotatable bonds is 4. The van der Waals surface area contributed by atoms with Gasteiger partial charge < -0.3 is 19.9 Å². The van der Waals surface area contributed by atoms with Crippen molar-refractivity contribution < 1.29 is 9.53 Å². The summed E-state index contributed by atoms with van der Waals surface area (Å²) in [6, 6.07) is 18.0. The molecule has 0 bridgehead atoms. The molecule has 3 aliphatic rings. The van der Waals surface area contributed by atoms with Gasteiger partial charge in [0.15, 0.2) is 0 Å². The maximum absolute atomic E-state index is 14.2. The molecular formula is C32H40N4O2. The number of methoxy groups -OCH3 is 1. The highest BCUT2D eigenvalue weighted by Gasteiger charge is 2.32. The summed E-state index contributed by atoms with van der Waals surface area (Å²) in [5.74, 6) is 1.54. The van der Waals surface area contributed by atoms with E-state index in [1.54, 1.807) is 7.11 Å². The van der Waals surface area contributed by atoms with Gasteiger partial charge in [-0.25, -0.2) is 0 Å². The van der Waals surface area contributed by atoms with Gasteiger partial charge in [0, 0.05) is 43.0 Å². The first-order chi connectivity index (χ1) is 18.5. The van der Waals surface area contributed by atoms with E-state index in [1.165, 1.54) is 16.5 Å². The normalized spacial score (nSPS) is 22.6. The number of nitrogens with one attached hydrogen (secondary N) is 1. The first kappa shape index (κ1) is 25.2. The quantitative estimate of drug-likeness (QED) is 0.530. The Balaban J connectivity index is 1.36. The van der Waals surface area contributed by atoms with Crippen LogP contribution in [-0.4, -0.2) is 69.8 Å². The van der Waals surface area contributed by atoms with Gasteiger partial charge in [-0.05, 0) is 99.3 Å². The van der Waals surface area contributed by atoms with E-state index in [1.807, 2.05) is 4.90 Å². The van der Waals surface area contributed by atoms with Crippen molar-refractivity contribution in [2.75, 3.05) is 56.7 Å². The number of carbonyl (C=O) groups excluding carboxylic acids is 1. The van der Waals surface area contributed by atoms with E-state index in [-0.39, 0.29) is 5.91 Å². The number of hydrogen-bond donors (Lipinski definition) is 1. The molecule has 3 aromatic rings. The Labute approximate surface area is 226 Å². The third-order valence-corrected chi connectivity index (χ3v) is 9.19. The van der Waals surface area contributed by atoms with Crippen LogP contribution in [0.4, 0.5) is 11.4 Å². The first-order valence-electron chi connectivity index (χ1n) is 14.2. The van der Waals surface area contributed by atoms with Gasteiger partial charge in [-0.2, -0.15) is 0 Å². The fraction of sp³-hybridized carbons (Fsp3) is 0.469. The molecule has 3 heterocycles. The number of nitrogens with zero attached hydrogens (tertiary/aromatic N) is 3. The lowest BCUT2D eigenvalue weighted by molar-refractivity contribution is 0.0991. The molecule has 0 saturated carbocycles. The van der Waals surface area contributed by atoms with Crippen LogP contribution in [-0.2, 0) is 6.42 Å². The molecule has 3 aliphatic heterocycles. The smallest absolute Gasteiger partial charge is 0.258 e. The summed E-state index contributed by atoms with van der Waals surface area (Å²) in [6.45, 7) is 9.23. The molecule has 2 fully saturated rings. The van der Waals surface area contributed by atoms with Crippen molar-refractivity contribution >= 4 is 28.1 Å². The maximum Gasteiger partial charge on any atom is 0.258 e. The number of piperazine rings is 1. The number of fused-ring (bicyclic) bond motifs is 2. The van der Waals surface area contributed by atoms with Gasteiger partial charge in [0.2, 0.25) is 0 Å². The second-order valence-corrected chi connectivity index (χ2v) is 11.4. The Bertz CT molecular complexity index is 1340. The molecule has 2 unspecified atom stereocenters. The lowest BCUT2D eigenvalue weighted by Gasteiger charge is -2.44. The van der Waals surface area contributed by atoms with Crippen LogP contribution in [0.2, 0.25) is 0 Å². The SMILES string of the molecule is COc1cc2c(cc1N1CC(C)N(C)C(C)C1)N(C(=O)c1ccc(C3CCNCC3)c3ccccc13)CC2. The van der Waals surface area contributed by atoms with Crippen molar-refractivity contribution in [3.05, 3.63) is 65.2 Å². The molecule has 2 saturated heterocycles. The Morgan fingerprint density at radius 2 is 1.66 bits per heavy atom. The number of benzene rings is 3. The van der Waals surface area contributed by atoms with E-state index in [4.69, 9.17) is 4.74 Å². The molecule has 0 radical (unpaired) electrons. The Morgan fingerprint density at radius 3 is 2.37 bits per heavy atom. The zero-order chi connectivity index (χ0) is 26.4. The van der Waals surface area contributed by atoms with Gasteiger partial charge in [-0.3, -0.25) is 9.69 Å². The summed E-state index contributed by atoms with van der Waals surface area (Å²) in [5.41, 5.74) is 5.47. The summed E-state index contributed by atoms with van der Waals surface area (Å²) in [7, 11) is 3.95. The predicted molar refractivity (Wildman–Crippen MR) is 156 cm³/mol. The molecule has 200 valence electrons. The van der Waals surface area contributed by atoms with Crippen LogP contribution in [0.3, 0.4) is 0 Å². The zero-order valence-corrected chi connectivity index (χ0v) is 23.2. The number of hydrogen-bond acceptors (Lipinski definition) is 5. The lowest BCUT2D eigenvalue weighted by atomic mass is 9.85. The van der Waals surface area contributed by atoms with E-state index in [9.17, 15) is 4.79 Å². The Hall–Kier alpha value is -3.09. The average molecular weight is 513 g/mol. The molecule has 6 heteroatoms. The predicted octanol–water partition coefficient (Wildman–Crippen LogP) is 5.05. The highest BCUT2D eigenvalue weighted by atomic mass is 16.5. The van der Waals surface area contributed by atoms with Gasteiger partial charge >= 0.3 is 0 Å². The number of carbonyl (C=O) groups is 1. The molecule has 38 heavy (non-hydrogen) atoms. The zero-order valence-electron chi connectivity index (χ0n) is 23.2. The van der Waals surface area contributed by atoms with Gasteiger partial charge in [-0.15, -0.1) is 0 Å². The average Bonchev–Trinajstić information content (AvgIpc) is 3.37. The van der Waals surface area contributed by atoms with Crippen LogP contribution in [0, 0.1) is 0 Å². The third-order valence-electron chi connectivity index (χ3n) is 9.19. The van der Waals surface area contributed by atoms with Gasteiger partial charge in [0.05, 0.1) is 12.8 Å². The molecule has 1 N–H and O–H groups in total. The first-order valence-corrected chi connectivity index (χ1v) is 14.2. The minimum Gasteiger partial charge on any atom is -0.495 e. The molecule has 0 aromatic heterocycles. The van der Waals surface area contributed by atoms with E-state index < -0.39 is 0 Å². The van der Waals surface area contributed by atoms with Crippen LogP contribution in [0.15, 0.2) is 48.5 Å². The second-order valence-electron chi connectivity index (χ2n) is 11.4. The second kappa shape index (κ2) is 10.2. The summed E-state index contributed by atoms with van der Waals surface area (Å²) in [6.07, 6.45) is 3.13. The largest absolute Gasteiger partial charge is 0.495 e. The van der Waals surface area contributed by atoms with E-state index in [2.05, 4.69) is 84.5 Å². The molecule has 2 atom stereocenters. The molecule has 6 rings (SSSR count). The fourth-order valence-electron chi connectivity index (χ4n) is 6.77. The summed E-state index contributed by atoms with van der Waals surface area (Å²) < 4.78 is 5.87. The standard InChI is InChI=1S/C32H40N4O2/c1-21-19-35(20-22(2)34(21)3)30-18-29-24(17-31(30)38-4)13-16-36(29)32(37)28-10-9-25(23-11-14-33-15-12-23)26-7-5-6-8-27(26)28/h5-10,17-18,21-23,33H,11-16,19-20H2,1-4H3. The number of ether oxygens (including phenoxy) is 1. The molecule has 1 amide bonds. The van der Waals surface area contributed by atoms with E-state index in [0.717, 1.165) is 73.5 Å². The number of anilines is 2. The van der Waals surface area contributed by atoms with Crippen LogP contribution in [0.5, 0.6) is 5.75 Å². The van der Waals surface area contributed by atoms with Gasteiger partial charge in [0.1, 0.15) is 5.75 Å². The molecule has 0 aliphatic carbocycles. The number of likely N-dealkylation sites (N-methyl/N-ethyl adjacent to an activating group) is 1. The van der Waals surface area contributed by atoms with Gasteiger partial charge in [0.25, 0.3) is 5.91 Å². The summed E-state index contributed by atoms with van der Waals surface area (Å²) in [4.78, 5) is 21.0. The van der Waals surface area contributed by atoms with E-state index >= 15 is 0 Å². The van der Waals surface area contributed by atoms with Crippen molar-refractivity contribution in [2.24, 2.45) is 0 Å². The van der Waals surface area contributed by atoms with Crippen molar-refractivity contribution in [3.8, 4) is 5.75 Å². The molecule has 3 aromatic carbocycles. The lowest BCUT2D eigenvalue weighted by Crippen LogP contribution is -2.55. The number of piperidine rings is 1. The van der Waals surface area contributed by atoms with Crippen LogP contribution in [0.1, 0.15) is 54.1 Å². The fourth-order valence-corrected chi connectivity index (χ4v) is 6.77.